The maximum Gasteiger partial charge on any atom is 0.222 e. The molecule has 0 aromatic carbocycles. The summed E-state index contributed by atoms with van der Waals surface area (Å²) in [7, 11) is -1.46. The lowest BCUT2D eigenvalue weighted by Crippen LogP contribution is -2.45. The van der Waals surface area contributed by atoms with Gasteiger partial charge in [0.1, 0.15) is 0 Å². The number of carbonyl (C=O) groups excluding carboxylic acids is 1. The van der Waals surface area contributed by atoms with E-state index in [0.29, 0.717) is 6.42 Å². The molecule has 2 unspecified atom stereocenters. The Hall–Kier alpha value is -0.330. The third-order valence-corrected chi connectivity index (χ3v) is 6.26. The normalized spacial score (nSPS) is 25.6. The highest BCUT2D eigenvalue weighted by Gasteiger charge is 2.31. The molecule has 1 aliphatic rings. The summed E-state index contributed by atoms with van der Waals surface area (Å²) in [5, 5.41) is -0.557. The first-order valence-corrected chi connectivity index (χ1v) is 8.80. The van der Waals surface area contributed by atoms with Gasteiger partial charge in [-0.1, -0.05) is 6.42 Å². The number of amides is 1. The number of rotatable bonds is 5. The summed E-state index contributed by atoms with van der Waals surface area (Å²) in [6.45, 7) is 3.42. The fourth-order valence-electron chi connectivity index (χ4n) is 2.59. The summed E-state index contributed by atoms with van der Waals surface area (Å²) in [5.74, 6) is 0.237. The van der Waals surface area contributed by atoms with Gasteiger partial charge in [-0.3, -0.25) is 4.79 Å². The van der Waals surface area contributed by atoms with E-state index in [2.05, 4.69) is 0 Å². The Balaban J connectivity index is 0.00000361. The van der Waals surface area contributed by atoms with Gasteiger partial charge in [-0.15, -0.1) is 12.4 Å². The van der Waals surface area contributed by atoms with Crippen LogP contribution in [0, 0.1) is 5.92 Å². The minimum Gasteiger partial charge on any atom is -0.342 e. The molecule has 0 radical (unpaired) electrons. The highest BCUT2D eigenvalue weighted by atomic mass is 35.5. The number of nitrogens with zero attached hydrogens (tertiary/aromatic N) is 1. The second-order valence-corrected chi connectivity index (χ2v) is 8.24. The van der Waals surface area contributed by atoms with E-state index in [1.54, 1.807) is 25.8 Å². The van der Waals surface area contributed by atoms with E-state index in [9.17, 15) is 13.2 Å². The Labute approximate surface area is 128 Å². The Morgan fingerprint density at radius 3 is 2.30 bits per heavy atom. The Bertz CT molecular complexity index is 427. The molecule has 4 atom stereocenters. The summed E-state index contributed by atoms with van der Waals surface area (Å²) in [6.07, 6.45) is 4.70. The molecule has 0 saturated heterocycles. The van der Waals surface area contributed by atoms with Gasteiger partial charge in [-0.2, -0.15) is 0 Å². The van der Waals surface area contributed by atoms with Crippen LogP contribution in [0.3, 0.4) is 0 Å². The molecule has 1 rings (SSSR count). The topological polar surface area (TPSA) is 80.5 Å². The highest BCUT2D eigenvalue weighted by Crippen LogP contribution is 2.27. The number of hydrogen-bond acceptors (Lipinski definition) is 4. The standard InChI is InChI=1S/C13H26N2O3S.ClH/c1-9(10(2)19(4,17)18)15(3)13(16)8-11-6-5-7-12(11)14;/h9-12H,5-8,14H2,1-4H3;1H/t9?,10?,11-,12+;/m0./s1. The molecule has 1 aliphatic carbocycles. The number of halogens is 1. The molecule has 20 heavy (non-hydrogen) atoms. The minimum absolute atomic E-state index is 0. The lowest BCUT2D eigenvalue weighted by Gasteiger charge is -2.30. The van der Waals surface area contributed by atoms with Crippen LogP contribution < -0.4 is 5.73 Å². The van der Waals surface area contributed by atoms with Gasteiger partial charge in [0.05, 0.1) is 5.25 Å². The molecule has 0 spiro atoms. The van der Waals surface area contributed by atoms with Crippen molar-refractivity contribution in [1.29, 1.82) is 0 Å². The van der Waals surface area contributed by atoms with Crippen molar-refractivity contribution < 1.29 is 13.2 Å². The van der Waals surface area contributed by atoms with Crippen LogP contribution in [0.5, 0.6) is 0 Å². The van der Waals surface area contributed by atoms with Crippen LogP contribution in [0.1, 0.15) is 39.5 Å². The second-order valence-electron chi connectivity index (χ2n) is 5.84. The largest absolute Gasteiger partial charge is 0.342 e. The monoisotopic (exact) mass is 326 g/mol. The lowest BCUT2D eigenvalue weighted by atomic mass is 9.99. The Morgan fingerprint density at radius 2 is 1.90 bits per heavy atom. The third kappa shape index (κ3) is 4.90. The highest BCUT2D eigenvalue weighted by molar-refractivity contribution is 7.91. The van der Waals surface area contributed by atoms with E-state index in [1.807, 2.05) is 0 Å². The van der Waals surface area contributed by atoms with E-state index < -0.39 is 15.1 Å². The van der Waals surface area contributed by atoms with Crippen molar-refractivity contribution in [3.63, 3.8) is 0 Å². The molecule has 1 saturated carbocycles. The maximum atomic E-state index is 12.2. The van der Waals surface area contributed by atoms with Crippen molar-refractivity contribution >= 4 is 28.2 Å². The average molecular weight is 327 g/mol. The Morgan fingerprint density at radius 1 is 1.35 bits per heavy atom. The van der Waals surface area contributed by atoms with Crippen LogP contribution in [-0.2, 0) is 14.6 Å². The zero-order valence-electron chi connectivity index (χ0n) is 12.7. The van der Waals surface area contributed by atoms with Crippen molar-refractivity contribution in [2.75, 3.05) is 13.3 Å². The molecule has 0 heterocycles. The third-order valence-electron chi connectivity index (χ3n) is 4.51. The first-order chi connectivity index (χ1) is 8.64. The molecule has 2 N–H and O–H groups in total. The molecule has 1 amide bonds. The van der Waals surface area contributed by atoms with E-state index in [4.69, 9.17) is 5.73 Å². The predicted molar refractivity (Wildman–Crippen MR) is 83.7 cm³/mol. The smallest absolute Gasteiger partial charge is 0.222 e. The summed E-state index contributed by atoms with van der Waals surface area (Å²) in [6, 6.07) is -0.208. The zero-order valence-corrected chi connectivity index (χ0v) is 14.3. The minimum atomic E-state index is -3.14. The van der Waals surface area contributed by atoms with Gasteiger partial charge in [-0.05, 0) is 32.6 Å². The van der Waals surface area contributed by atoms with Crippen molar-refractivity contribution in [2.45, 2.75) is 56.9 Å². The van der Waals surface area contributed by atoms with Crippen LogP contribution in [-0.4, -0.2) is 49.9 Å². The number of carbonyl (C=O) groups is 1. The zero-order chi connectivity index (χ0) is 14.8. The van der Waals surface area contributed by atoms with Crippen LogP contribution >= 0.6 is 12.4 Å². The van der Waals surface area contributed by atoms with Gasteiger partial charge >= 0.3 is 0 Å². The van der Waals surface area contributed by atoms with Crippen molar-refractivity contribution in [2.24, 2.45) is 11.7 Å². The average Bonchev–Trinajstić information content (AvgIpc) is 2.71. The fraction of sp³-hybridized carbons (Fsp3) is 0.923. The van der Waals surface area contributed by atoms with E-state index >= 15 is 0 Å². The van der Waals surface area contributed by atoms with Crippen LogP contribution in [0.2, 0.25) is 0 Å². The first-order valence-electron chi connectivity index (χ1n) is 6.84. The number of hydrogen-bond donors (Lipinski definition) is 1. The second kappa shape index (κ2) is 7.61. The molecule has 0 aromatic heterocycles. The molecule has 7 heteroatoms. The summed E-state index contributed by atoms with van der Waals surface area (Å²) in [4.78, 5) is 13.7. The van der Waals surface area contributed by atoms with E-state index in [-0.39, 0.29) is 36.3 Å². The predicted octanol–water partition coefficient (Wildman–Crippen LogP) is 1.21. The van der Waals surface area contributed by atoms with Gasteiger partial charge in [0, 0.05) is 31.8 Å². The maximum absolute atomic E-state index is 12.2. The lowest BCUT2D eigenvalue weighted by molar-refractivity contribution is -0.132. The molecule has 0 bridgehead atoms. The van der Waals surface area contributed by atoms with Crippen molar-refractivity contribution in [3.8, 4) is 0 Å². The van der Waals surface area contributed by atoms with Gasteiger partial charge in [-0.25, -0.2) is 8.42 Å². The summed E-state index contributed by atoms with van der Waals surface area (Å²) < 4.78 is 23.1. The fourth-order valence-corrected chi connectivity index (χ4v) is 3.49. The molecule has 0 aliphatic heterocycles. The first kappa shape index (κ1) is 19.7. The SMILES string of the molecule is CC(C(C)S(C)(=O)=O)N(C)C(=O)C[C@@H]1CCC[C@H]1N.Cl. The van der Waals surface area contributed by atoms with Gasteiger partial charge in [0.15, 0.2) is 9.84 Å². The molecule has 1 fully saturated rings. The Kier molecular flexibility index (Phi) is 7.49. The van der Waals surface area contributed by atoms with Crippen LogP contribution in [0.25, 0.3) is 0 Å². The van der Waals surface area contributed by atoms with Crippen molar-refractivity contribution in [1.82, 2.24) is 4.90 Å². The van der Waals surface area contributed by atoms with E-state index in [1.165, 1.54) is 6.26 Å². The molecular weight excluding hydrogens is 300 g/mol. The molecule has 5 nitrogen and oxygen atoms in total. The number of nitrogens with two attached hydrogens (primary N) is 1. The molecular formula is C13H27ClN2O3S. The summed E-state index contributed by atoms with van der Waals surface area (Å²) >= 11 is 0. The number of sulfone groups is 1. The van der Waals surface area contributed by atoms with Gasteiger partial charge in [0.2, 0.25) is 5.91 Å². The molecule has 120 valence electrons. The van der Waals surface area contributed by atoms with Crippen molar-refractivity contribution in [3.05, 3.63) is 0 Å². The summed E-state index contributed by atoms with van der Waals surface area (Å²) in [5.41, 5.74) is 5.97. The van der Waals surface area contributed by atoms with Crippen LogP contribution in [0.15, 0.2) is 0 Å². The molecule has 0 aromatic rings. The quantitative estimate of drug-likeness (QED) is 0.823. The van der Waals surface area contributed by atoms with E-state index in [0.717, 1.165) is 19.3 Å². The van der Waals surface area contributed by atoms with Gasteiger partial charge in [0.25, 0.3) is 0 Å². The van der Waals surface area contributed by atoms with Crippen LogP contribution in [0.4, 0.5) is 0 Å². The van der Waals surface area contributed by atoms with Gasteiger partial charge < -0.3 is 10.6 Å².